The van der Waals surface area contributed by atoms with E-state index in [1.165, 1.54) is 14.2 Å². The molecule has 0 saturated carbocycles. The van der Waals surface area contributed by atoms with Crippen LogP contribution in [0.1, 0.15) is 17.0 Å². The van der Waals surface area contributed by atoms with Crippen LogP contribution >= 0.6 is 11.6 Å². The smallest absolute Gasteiger partial charge is 0.336 e. The number of nitrogens with zero attached hydrogens (tertiary/aromatic N) is 1. The Kier molecular flexibility index (Phi) is 6.79. The Bertz CT molecular complexity index is 963. The minimum atomic E-state index is -0.657. The van der Waals surface area contributed by atoms with E-state index in [4.69, 9.17) is 25.8 Å². The van der Waals surface area contributed by atoms with Crippen LogP contribution in [0.2, 0.25) is 5.02 Å². The third kappa shape index (κ3) is 4.66. The first-order valence-electron chi connectivity index (χ1n) is 9.21. The molecule has 2 aromatic carbocycles. The summed E-state index contributed by atoms with van der Waals surface area (Å²) in [6.07, 6.45) is 3.38. The minimum Gasteiger partial charge on any atom is -0.497 e. The summed E-state index contributed by atoms with van der Waals surface area (Å²) < 4.78 is 15.2. The highest BCUT2D eigenvalue weighted by Gasteiger charge is 2.35. The normalized spacial score (nSPS) is 13.9. The molecule has 0 fully saturated rings. The van der Waals surface area contributed by atoms with Gasteiger partial charge in [-0.1, -0.05) is 35.9 Å². The van der Waals surface area contributed by atoms with Crippen LogP contribution < -0.4 is 4.74 Å². The second-order valence-electron chi connectivity index (χ2n) is 6.66. The van der Waals surface area contributed by atoms with E-state index in [0.29, 0.717) is 28.3 Å². The van der Waals surface area contributed by atoms with Gasteiger partial charge in [-0.15, -0.1) is 0 Å². The number of methoxy groups -OCH3 is 3. The molecule has 0 bridgehead atoms. The Morgan fingerprint density at radius 1 is 0.933 bits per heavy atom. The second-order valence-corrected chi connectivity index (χ2v) is 7.10. The van der Waals surface area contributed by atoms with E-state index in [-0.39, 0.29) is 0 Å². The van der Waals surface area contributed by atoms with Crippen molar-refractivity contribution in [1.82, 2.24) is 4.90 Å². The predicted molar refractivity (Wildman–Crippen MR) is 113 cm³/mol. The Balaban J connectivity index is 2.04. The van der Waals surface area contributed by atoms with E-state index in [1.807, 2.05) is 30.3 Å². The zero-order chi connectivity index (χ0) is 21.7. The molecule has 1 aliphatic rings. The summed E-state index contributed by atoms with van der Waals surface area (Å²) >= 11 is 6.16. The zero-order valence-electron chi connectivity index (χ0n) is 16.9. The number of carbonyl (C=O) groups is 2. The first kappa shape index (κ1) is 21.5. The van der Waals surface area contributed by atoms with Gasteiger partial charge in [-0.25, -0.2) is 9.59 Å². The molecule has 0 spiro atoms. The number of esters is 2. The standard InChI is InChI=1S/C23H22ClNO5/c1-28-18-9-7-15(8-10-18)12-25-13-19(22(26)29-2)21(20(14-25)23(27)30-3)16-5-4-6-17(24)11-16/h4-11,13-14,21H,12H2,1-3H3. The molecular weight excluding hydrogens is 406 g/mol. The Hall–Kier alpha value is -3.25. The lowest BCUT2D eigenvalue weighted by Crippen LogP contribution is -2.28. The van der Waals surface area contributed by atoms with Crippen molar-refractivity contribution in [3.8, 4) is 5.75 Å². The number of halogens is 1. The minimum absolute atomic E-state index is 0.316. The van der Waals surface area contributed by atoms with Gasteiger partial charge < -0.3 is 19.1 Å². The summed E-state index contributed by atoms with van der Waals surface area (Å²) in [5, 5.41) is 0.501. The largest absolute Gasteiger partial charge is 0.497 e. The molecule has 0 radical (unpaired) electrons. The number of carbonyl (C=O) groups excluding carboxylic acids is 2. The van der Waals surface area contributed by atoms with Crippen LogP contribution in [0.25, 0.3) is 0 Å². The van der Waals surface area contributed by atoms with Gasteiger partial charge in [0.1, 0.15) is 5.75 Å². The third-order valence-electron chi connectivity index (χ3n) is 4.78. The molecule has 0 aromatic heterocycles. The number of rotatable bonds is 6. The molecule has 1 aliphatic heterocycles. The number of hydrogen-bond donors (Lipinski definition) is 0. The topological polar surface area (TPSA) is 65.1 Å². The maximum Gasteiger partial charge on any atom is 0.336 e. The zero-order valence-corrected chi connectivity index (χ0v) is 17.7. The average molecular weight is 428 g/mol. The average Bonchev–Trinajstić information content (AvgIpc) is 2.77. The molecule has 7 heteroatoms. The lowest BCUT2D eigenvalue weighted by atomic mass is 9.83. The third-order valence-corrected chi connectivity index (χ3v) is 5.02. The Morgan fingerprint density at radius 3 is 2.03 bits per heavy atom. The summed E-state index contributed by atoms with van der Waals surface area (Å²) in [6.45, 7) is 0.438. The van der Waals surface area contributed by atoms with Gasteiger partial charge in [-0.2, -0.15) is 0 Å². The molecule has 30 heavy (non-hydrogen) atoms. The predicted octanol–water partition coefficient (Wildman–Crippen LogP) is 4.06. The van der Waals surface area contributed by atoms with Gasteiger partial charge in [0.2, 0.25) is 0 Å². The molecule has 0 atom stereocenters. The number of hydrogen-bond acceptors (Lipinski definition) is 6. The van der Waals surface area contributed by atoms with Crippen LogP contribution in [0.4, 0.5) is 0 Å². The van der Waals surface area contributed by atoms with Gasteiger partial charge in [-0.3, -0.25) is 0 Å². The molecule has 0 unspecified atom stereocenters. The quantitative estimate of drug-likeness (QED) is 0.648. The van der Waals surface area contributed by atoms with Crippen LogP contribution in [0.3, 0.4) is 0 Å². The lowest BCUT2D eigenvalue weighted by Gasteiger charge is -2.30. The summed E-state index contributed by atoms with van der Waals surface area (Å²) in [7, 11) is 4.22. The van der Waals surface area contributed by atoms with Crippen LogP contribution in [0, 0.1) is 0 Å². The van der Waals surface area contributed by atoms with E-state index >= 15 is 0 Å². The van der Waals surface area contributed by atoms with E-state index in [1.54, 1.807) is 42.6 Å². The van der Waals surface area contributed by atoms with Crippen molar-refractivity contribution in [2.75, 3.05) is 21.3 Å². The fourth-order valence-electron chi connectivity index (χ4n) is 3.37. The molecule has 0 aliphatic carbocycles. The Labute approximate surface area is 180 Å². The van der Waals surface area contributed by atoms with Crippen molar-refractivity contribution < 1.29 is 23.8 Å². The fourth-order valence-corrected chi connectivity index (χ4v) is 3.57. The SMILES string of the molecule is COC(=O)C1=CN(Cc2ccc(OC)cc2)C=C(C(=O)OC)C1c1cccc(Cl)c1. The van der Waals surface area contributed by atoms with Gasteiger partial charge in [-0.05, 0) is 35.4 Å². The molecule has 0 amide bonds. The highest BCUT2D eigenvalue weighted by molar-refractivity contribution is 6.30. The van der Waals surface area contributed by atoms with Crippen LogP contribution in [0.15, 0.2) is 72.1 Å². The van der Waals surface area contributed by atoms with Crippen LogP contribution in [-0.4, -0.2) is 38.2 Å². The first-order chi connectivity index (χ1) is 14.5. The van der Waals surface area contributed by atoms with Crippen LogP contribution in [0.5, 0.6) is 5.75 Å². The second kappa shape index (κ2) is 9.50. The maximum atomic E-state index is 12.6. The summed E-state index contributed by atoms with van der Waals surface area (Å²) in [4.78, 5) is 27.0. The van der Waals surface area contributed by atoms with Gasteiger partial charge >= 0.3 is 11.9 Å². The monoisotopic (exact) mass is 427 g/mol. The van der Waals surface area contributed by atoms with Crippen molar-refractivity contribution in [2.45, 2.75) is 12.5 Å². The van der Waals surface area contributed by atoms with E-state index in [9.17, 15) is 9.59 Å². The molecule has 0 N–H and O–H groups in total. The number of ether oxygens (including phenoxy) is 3. The molecular formula is C23H22ClNO5. The van der Waals surface area contributed by atoms with E-state index in [2.05, 4.69) is 0 Å². The Morgan fingerprint density at radius 2 is 1.53 bits per heavy atom. The molecule has 2 aromatic rings. The molecule has 3 rings (SSSR count). The summed E-state index contributed by atoms with van der Waals surface area (Å²) in [5.74, 6) is -0.978. The highest BCUT2D eigenvalue weighted by Crippen LogP contribution is 2.38. The molecule has 0 saturated heterocycles. The lowest BCUT2D eigenvalue weighted by molar-refractivity contribution is -0.137. The van der Waals surface area contributed by atoms with E-state index < -0.39 is 17.9 Å². The summed E-state index contributed by atoms with van der Waals surface area (Å²) in [6, 6.07) is 14.6. The number of benzene rings is 2. The van der Waals surface area contributed by atoms with Gasteiger partial charge in [0.15, 0.2) is 0 Å². The van der Waals surface area contributed by atoms with Crippen LogP contribution in [-0.2, 0) is 25.6 Å². The highest BCUT2D eigenvalue weighted by atomic mass is 35.5. The first-order valence-corrected chi connectivity index (χ1v) is 9.58. The molecule has 1 heterocycles. The van der Waals surface area contributed by atoms with Crippen molar-refractivity contribution >= 4 is 23.5 Å². The maximum absolute atomic E-state index is 12.6. The van der Waals surface area contributed by atoms with Crippen molar-refractivity contribution in [1.29, 1.82) is 0 Å². The van der Waals surface area contributed by atoms with E-state index in [0.717, 1.165) is 11.3 Å². The fraction of sp³-hybridized carbons (Fsp3) is 0.217. The van der Waals surface area contributed by atoms with Gasteiger partial charge in [0.25, 0.3) is 0 Å². The summed E-state index contributed by atoms with van der Waals surface area (Å²) in [5.41, 5.74) is 2.30. The van der Waals surface area contributed by atoms with Crippen molar-refractivity contribution in [2.24, 2.45) is 0 Å². The van der Waals surface area contributed by atoms with Gasteiger partial charge in [0.05, 0.1) is 38.4 Å². The molecule has 156 valence electrons. The van der Waals surface area contributed by atoms with Crippen molar-refractivity contribution in [3.05, 3.63) is 88.2 Å². The van der Waals surface area contributed by atoms with Crippen molar-refractivity contribution in [3.63, 3.8) is 0 Å². The molecule has 6 nitrogen and oxygen atoms in total. The van der Waals surface area contributed by atoms with Gasteiger partial charge in [0, 0.05) is 24.0 Å².